The van der Waals surface area contributed by atoms with E-state index in [1.165, 1.54) is 6.08 Å². The summed E-state index contributed by atoms with van der Waals surface area (Å²) in [5.41, 5.74) is 1.03. The van der Waals surface area contributed by atoms with Crippen molar-refractivity contribution in [2.24, 2.45) is 5.92 Å². The number of benzene rings is 1. The Hall–Kier alpha value is -3.67. The maximum atomic E-state index is 13.0. The smallest absolute Gasteiger partial charge is 0.339 e. The summed E-state index contributed by atoms with van der Waals surface area (Å²) in [6.45, 7) is 4.96. The molecule has 2 heterocycles. The molecule has 1 atom stereocenters. The first-order valence-corrected chi connectivity index (χ1v) is 10.9. The Balaban J connectivity index is 1.84. The lowest BCUT2D eigenvalue weighted by Gasteiger charge is -2.30. The molecule has 1 aromatic carbocycles. The standard InChI is InChI=1S/C25H23ClN2O6/c1-3-11-33-25(32)19-12-16(5-7-21(19)26)22-8-6-17(34-22)13-18-15(2)20(14-27)24(31)28(23(18)30)9-4-10-29/h3,5,7-8,12-13,18,29H,1,4,6,9-11H2,2H3. The Kier molecular flexibility index (Phi) is 8.05. The normalized spacial score (nSPS) is 19.1. The number of allylic oxidation sites excluding steroid dienone is 1. The van der Waals surface area contributed by atoms with Crippen LogP contribution in [-0.4, -0.2) is 47.5 Å². The number of amides is 2. The number of imide groups is 1. The summed E-state index contributed by atoms with van der Waals surface area (Å²) in [5, 5.41) is 18.8. The van der Waals surface area contributed by atoms with Gasteiger partial charge in [-0.15, -0.1) is 0 Å². The zero-order valence-corrected chi connectivity index (χ0v) is 19.3. The largest absolute Gasteiger partial charge is 0.461 e. The number of nitriles is 1. The number of rotatable bonds is 8. The molecular weight excluding hydrogens is 460 g/mol. The molecular formula is C25H23ClN2O6. The zero-order valence-electron chi connectivity index (χ0n) is 18.5. The van der Waals surface area contributed by atoms with Crippen LogP contribution in [0.25, 0.3) is 5.76 Å². The van der Waals surface area contributed by atoms with Crippen molar-refractivity contribution in [1.29, 1.82) is 5.26 Å². The molecule has 0 saturated carbocycles. The molecule has 8 nitrogen and oxygen atoms in total. The molecule has 0 aromatic heterocycles. The topological polar surface area (TPSA) is 117 Å². The fourth-order valence-corrected chi connectivity index (χ4v) is 3.81. The number of ether oxygens (including phenoxy) is 2. The number of carbonyl (C=O) groups excluding carboxylic acids is 3. The number of hydrogen-bond donors (Lipinski definition) is 1. The minimum Gasteiger partial charge on any atom is -0.461 e. The number of halogens is 1. The molecule has 176 valence electrons. The third kappa shape index (κ3) is 5.11. The van der Waals surface area contributed by atoms with Gasteiger partial charge in [0.05, 0.1) is 16.5 Å². The van der Waals surface area contributed by atoms with E-state index in [9.17, 15) is 19.6 Å². The first-order chi connectivity index (χ1) is 16.3. The van der Waals surface area contributed by atoms with Crippen molar-refractivity contribution < 1.29 is 29.0 Å². The van der Waals surface area contributed by atoms with Gasteiger partial charge in [0, 0.05) is 25.1 Å². The van der Waals surface area contributed by atoms with Gasteiger partial charge in [0.25, 0.3) is 5.91 Å². The second-order valence-corrected chi connectivity index (χ2v) is 8.02. The predicted molar refractivity (Wildman–Crippen MR) is 124 cm³/mol. The van der Waals surface area contributed by atoms with E-state index in [0.717, 1.165) is 4.90 Å². The molecule has 3 rings (SSSR count). The molecule has 2 aliphatic rings. The summed E-state index contributed by atoms with van der Waals surface area (Å²) in [6.07, 6.45) is 5.42. The van der Waals surface area contributed by atoms with E-state index in [4.69, 9.17) is 26.2 Å². The second-order valence-electron chi connectivity index (χ2n) is 7.61. The minimum atomic E-state index is -0.844. The average Bonchev–Trinajstić information content (AvgIpc) is 3.29. The maximum Gasteiger partial charge on any atom is 0.339 e. The van der Waals surface area contributed by atoms with Gasteiger partial charge >= 0.3 is 5.97 Å². The molecule has 0 saturated heterocycles. The second kappa shape index (κ2) is 11.0. The first kappa shape index (κ1) is 25.0. The van der Waals surface area contributed by atoms with Crippen LogP contribution in [0, 0.1) is 17.2 Å². The Morgan fingerprint density at radius 2 is 2.21 bits per heavy atom. The van der Waals surface area contributed by atoms with Crippen molar-refractivity contribution in [3.8, 4) is 6.07 Å². The van der Waals surface area contributed by atoms with Crippen LogP contribution in [0.2, 0.25) is 5.02 Å². The van der Waals surface area contributed by atoms with Crippen LogP contribution in [0.5, 0.6) is 0 Å². The average molecular weight is 483 g/mol. The van der Waals surface area contributed by atoms with Crippen molar-refractivity contribution in [3.63, 3.8) is 0 Å². The molecule has 0 spiro atoms. The van der Waals surface area contributed by atoms with E-state index in [1.807, 2.05) is 6.07 Å². The lowest BCUT2D eigenvalue weighted by atomic mass is 9.89. The maximum absolute atomic E-state index is 13.0. The van der Waals surface area contributed by atoms with Crippen LogP contribution in [0.3, 0.4) is 0 Å². The van der Waals surface area contributed by atoms with Gasteiger partial charge in [-0.1, -0.05) is 24.3 Å². The summed E-state index contributed by atoms with van der Waals surface area (Å²) in [6, 6.07) is 6.70. The molecule has 1 unspecified atom stereocenters. The molecule has 0 aliphatic carbocycles. The summed E-state index contributed by atoms with van der Waals surface area (Å²) in [4.78, 5) is 38.7. The fourth-order valence-electron chi connectivity index (χ4n) is 3.62. The van der Waals surface area contributed by atoms with E-state index < -0.39 is 23.7 Å². The fraction of sp³-hybridized carbons (Fsp3) is 0.280. The molecule has 1 N–H and O–H groups in total. The van der Waals surface area contributed by atoms with Gasteiger partial charge in [0.1, 0.15) is 29.8 Å². The van der Waals surface area contributed by atoms with Crippen LogP contribution in [0.4, 0.5) is 0 Å². The van der Waals surface area contributed by atoms with Gasteiger partial charge in [-0.3, -0.25) is 14.5 Å². The highest BCUT2D eigenvalue weighted by Gasteiger charge is 2.38. The summed E-state index contributed by atoms with van der Waals surface area (Å²) < 4.78 is 11.0. The van der Waals surface area contributed by atoms with Crippen molar-refractivity contribution in [3.05, 3.63) is 76.1 Å². The molecule has 34 heavy (non-hydrogen) atoms. The Labute approximate surface area is 202 Å². The first-order valence-electron chi connectivity index (χ1n) is 10.6. The SMILES string of the molecule is C=CCOC(=O)c1cc(C2=CCC(=CC3C(=O)N(CCCO)C(=O)C(C#N)=C3C)O2)ccc1Cl. The summed E-state index contributed by atoms with van der Waals surface area (Å²) in [5.74, 6) is -1.63. The molecule has 0 bridgehead atoms. The van der Waals surface area contributed by atoms with Crippen LogP contribution in [0.15, 0.2) is 59.9 Å². The molecule has 9 heteroatoms. The van der Waals surface area contributed by atoms with Gasteiger partial charge in [-0.05, 0) is 49.3 Å². The third-order valence-corrected chi connectivity index (χ3v) is 5.72. The summed E-state index contributed by atoms with van der Waals surface area (Å²) >= 11 is 6.14. The van der Waals surface area contributed by atoms with Crippen molar-refractivity contribution in [2.45, 2.75) is 19.8 Å². The molecule has 0 fully saturated rings. The number of nitrogens with zero attached hydrogens (tertiary/aromatic N) is 2. The monoisotopic (exact) mass is 482 g/mol. The van der Waals surface area contributed by atoms with E-state index in [-0.39, 0.29) is 42.3 Å². The Morgan fingerprint density at radius 3 is 2.88 bits per heavy atom. The van der Waals surface area contributed by atoms with Gasteiger partial charge < -0.3 is 14.6 Å². The highest BCUT2D eigenvalue weighted by atomic mass is 35.5. The van der Waals surface area contributed by atoms with Crippen LogP contribution < -0.4 is 0 Å². The minimum absolute atomic E-state index is 0.0200. The van der Waals surface area contributed by atoms with Gasteiger partial charge in [0.2, 0.25) is 5.91 Å². The lowest BCUT2D eigenvalue weighted by Crippen LogP contribution is -2.46. The number of aliphatic hydroxyl groups is 1. The zero-order chi connectivity index (χ0) is 24.8. The quantitative estimate of drug-likeness (QED) is 0.342. The van der Waals surface area contributed by atoms with Crippen LogP contribution in [-0.2, 0) is 19.1 Å². The molecule has 0 radical (unpaired) electrons. The molecule has 1 aromatic rings. The molecule has 2 amide bonds. The van der Waals surface area contributed by atoms with Crippen LogP contribution in [0.1, 0.15) is 35.7 Å². The van der Waals surface area contributed by atoms with E-state index in [0.29, 0.717) is 29.1 Å². The van der Waals surface area contributed by atoms with Gasteiger partial charge in [0.15, 0.2) is 0 Å². The summed E-state index contributed by atoms with van der Waals surface area (Å²) in [7, 11) is 0. The number of aliphatic hydroxyl groups excluding tert-OH is 1. The van der Waals surface area contributed by atoms with E-state index in [1.54, 1.807) is 37.3 Å². The highest BCUT2D eigenvalue weighted by Crippen LogP contribution is 2.34. The predicted octanol–water partition coefficient (Wildman–Crippen LogP) is 3.54. The molecule has 2 aliphatic heterocycles. The lowest BCUT2D eigenvalue weighted by molar-refractivity contribution is -0.145. The van der Waals surface area contributed by atoms with Crippen molar-refractivity contribution in [1.82, 2.24) is 4.90 Å². The van der Waals surface area contributed by atoms with E-state index >= 15 is 0 Å². The number of carbonyl (C=O) groups is 3. The highest BCUT2D eigenvalue weighted by molar-refractivity contribution is 6.33. The number of esters is 1. The Morgan fingerprint density at radius 1 is 1.44 bits per heavy atom. The van der Waals surface area contributed by atoms with E-state index in [2.05, 4.69) is 6.58 Å². The number of hydrogen-bond acceptors (Lipinski definition) is 7. The van der Waals surface area contributed by atoms with Gasteiger partial charge in [-0.2, -0.15) is 5.26 Å². The third-order valence-electron chi connectivity index (χ3n) is 5.39. The van der Waals surface area contributed by atoms with Gasteiger partial charge in [-0.25, -0.2) is 4.79 Å². The van der Waals surface area contributed by atoms with Crippen molar-refractivity contribution >= 4 is 35.1 Å². The Bertz CT molecular complexity index is 1170. The van der Waals surface area contributed by atoms with Crippen molar-refractivity contribution in [2.75, 3.05) is 19.8 Å². The van der Waals surface area contributed by atoms with Crippen LogP contribution >= 0.6 is 11.6 Å².